The lowest BCUT2D eigenvalue weighted by atomic mass is 9.78. The summed E-state index contributed by atoms with van der Waals surface area (Å²) in [5.41, 5.74) is -2.41. The van der Waals surface area contributed by atoms with Gasteiger partial charge in [0.05, 0.1) is 22.3 Å². The third-order valence-electron chi connectivity index (χ3n) is 6.00. The summed E-state index contributed by atoms with van der Waals surface area (Å²) >= 11 is 12.2. The molecular formula is C22H26Cl2F3N3O2. The first-order valence-corrected chi connectivity index (χ1v) is 11.4. The van der Waals surface area contributed by atoms with Gasteiger partial charge in [0.2, 0.25) is 0 Å². The van der Waals surface area contributed by atoms with Crippen molar-refractivity contribution in [2.24, 2.45) is 5.41 Å². The minimum atomic E-state index is -4.87. The molecule has 2 fully saturated rings. The quantitative estimate of drug-likeness (QED) is 0.524. The Morgan fingerprint density at radius 1 is 1.12 bits per heavy atom. The molecule has 0 bridgehead atoms. The Labute approximate surface area is 195 Å². The Kier molecular flexibility index (Phi) is 7.47. The highest BCUT2D eigenvalue weighted by atomic mass is 35.5. The van der Waals surface area contributed by atoms with E-state index in [1.807, 2.05) is 13.8 Å². The molecule has 5 nitrogen and oxygen atoms in total. The topological polar surface area (TPSA) is 47.4 Å². The van der Waals surface area contributed by atoms with Crippen LogP contribution in [0.3, 0.4) is 0 Å². The molecule has 1 aromatic heterocycles. The minimum absolute atomic E-state index is 0.00631. The molecule has 0 aliphatic carbocycles. The number of benzene rings is 1. The average molecular weight is 492 g/mol. The largest absolute Gasteiger partial charge is 0.425 e. The zero-order valence-electron chi connectivity index (χ0n) is 18.2. The van der Waals surface area contributed by atoms with Gasteiger partial charge in [-0.05, 0) is 43.7 Å². The molecule has 4 rings (SSSR count). The van der Waals surface area contributed by atoms with E-state index in [9.17, 15) is 18.0 Å². The lowest BCUT2D eigenvalue weighted by molar-refractivity contribution is -0.138. The highest BCUT2D eigenvalue weighted by molar-refractivity contribution is 6.43. The van der Waals surface area contributed by atoms with E-state index < -0.39 is 17.3 Å². The average Bonchev–Trinajstić information content (AvgIpc) is 3.19. The molecule has 0 unspecified atom stereocenters. The molecule has 0 atom stereocenters. The van der Waals surface area contributed by atoms with Crippen LogP contribution < -0.4 is 10.5 Å². The van der Waals surface area contributed by atoms with Crippen LogP contribution in [0, 0.1) is 12.3 Å². The van der Waals surface area contributed by atoms with Crippen LogP contribution in [0.2, 0.25) is 10.0 Å². The number of anilines is 1. The number of alkyl halides is 3. The van der Waals surface area contributed by atoms with Gasteiger partial charge in [-0.15, -0.1) is 0 Å². The number of piperidine rings is 1. The number of aromatic nitrogens is 2. The Morgan fingerprint density at radius 2 is 1.78 bits per heavy atom. The van der Waals surface area contributed by atoms with Gasteiger partial charge in [-0.1, -0.05) is 43.1 Å². The second kappa shape index (κ2) is 9.61. The second-order valence-corrected chi connectivity index (χ2v) is 8.64. The lowest BCUT2D eigenvalue weighted by Gasteiger charge is -2.39. The van der Waals surface area contributed by atoms with Crippen molar-refractivity contribution in [2.75, 3.05) is 31.2 Å². The van der Waals surface area contributed by atoms with Crippen molar-refractivity contribution in [1.29, 1.82) is 0 Å². The van der Waals surface area contributed by atoms with Crippen molar-refractivity contribution in [3.8, 4) is 5.69 Å². The van der Waals surface area contributed by atoms with Crippen molar-refractivity contribution in [3.63, 3.8) is 0 Å². The van der Waals surface area contributed by atoms with Gasteiger partial charge in [-0.25, -0.2) is 4.98 Å². The van der Waals surface area contributed by atoms with Crippen molar-refractivity contribution < 1.29 is 17.9 Å². The maximum atomic E-state index is 14.0. The van der Waals surface area contributed by atoms with Crippen LogP contribution in [-0.2, 0) is 10.9 Å². The van der Waals surface area contributed by atoms with Gasteiger partial charge in [-0.2, -0.15) is 13.2 Å². The maximum absolute atomic E-state index is 14.0. The number of aryl methyl sites for hydroxylation is 1. The van der Waals surface area contributed by atoms with Crippen LogP contribution in [0.1, 0.15) is 44.5 Å². The summed E-state index contributed by atoms with van der Waals surface area (Å²) < 4.78 is 48.4. The first kappa shape index (κ1) is 24.9. The number of ether oxygens (including phenoxy) is 1. The molecule has 0 radical (unpaired) electrons. The van der Waals surface area contributed by atoms with Crippen molar-refractivity contribution in [2.45, 2.75) is 46.2 Å². The van der Waals surface area contributed by atoms with Gasteiger partial charge in [-0.3, -0.25) is 9.36 Å². The van der Waals surface area contributed by atoms with Crippen molar-refractivity contribution in [1.82, 2.24) is 9.55 Å². The zero-order chi connectivity index (χ0) is 23.7. The van der Waals surface area contributed by atoms with Crippen LogP contribution in [0.5, 0.6) is 0 Å². The molecule has 1 aromatic carbocycles. The molecule has 2 aromatic rings. The van der Waals surface area contributed by atoms with Gasteiger partial charge < -0.3 is 9.64 Å². The molecule has 2 aliphatic rings. The van der Waals surface area contributed by atoms with E-state index in [-0.39, 0.29) is 32.8 Å². The molecule has 2 aliphatic heterocycles. The molecule has 10 heteroatoms. The van der Waals surface area contributed by atoms with Crippen LogP contribution in [0.4, 0.5) is 19.0 Å². The molecule has 3 heterocycles. The Bertz CT molecular complexity index is 1020. The lowest BCUT2D eigenvalue weighted by Crippen LogP contribution is -2.43. The van der Waals surface area contributed by atoms with Crippen LogP contribution in [-0.4, -0.2) is 35.9 Å². The summed E-state index contributed by atoms with van der Waals surface area (Å²) in [6.07, 6.45) is -2.55. The normalized spacial score (nSPS) is 17.9. The Morgan fingerprint density at radius 3 is 2.34 bits per heavy atom. The first-order chi connectivity index (χ1) is 15.1. The number of hydrogen-bond donors (Lipinski definition) is 0. The van der Waals surface area contributed by atoms with E-state index in [2.05, 4.69) is 4.98 Å². The van der Waals surface area contributed by atoms with Gasteiger partial charge in [0.25, 0.3) is 5.56 Å². The fraction of sp³-hybridized carbons (Fsp3) is 0.545. The number of halogens is 5. The molecule has 0 N–H and O–H groups in total. The Hall–Kier alpha value is -1.77. The highest BCUT2D eigenvalue weighted by Crippen LogP contribution is 2.42. The molecule has 0 amide bonds. The number of hydrogen-bond acceptors (Lipinski definition) is 4. The molecule has 1 spiro atoms. The third-order valence-corrected chi connectivity index (χ3v) is 6.81. The van der Waals surface area contributed by atoms with Crippen LogP contribution in [0.15, 0.2) is 23.0 Å². The van der Waals surface area contributed by atoms with Gasteiger partial charge in [0.1, 0.15) is 11.6 Å². The predicted molar refractivity (Wildman–Crippen MR) is 120 cm³/mol. The molecular weight excluding hydrogens is 466 g/mol. The van der Waals surface area contributed by atoms with Gasteiger partial charge >= 0.3 is 6.18 Å². The summed E-state index contributed by atoms with van der Waals surface area (Å²) in [6.45, 7) is 7.58. The summed E-state index contributed by atoms with van der Waals surface area (Å²) in [7, 11) is 0. The predicted octanol–water partition coefficient (Wildman–Crippen LogP) is 5.90. The van der Waals surface area contributed by atoms with Crippen molar-refractivity contribution in [3.05, 3.63) is 50.0 Å². The fourth-order valence-electron chi connectivity index (χ4n) is 4.28. The second-order valence-electron chi connectivity index (χ2n) is 7.86. The summed E-state index contributed by atoms with van der Waals surface area (Å²) in [6, 6.07) is 4.45. The third kappa shape index (κ3) is 4.63. The van der Waals surface area contributed by atoms with E-state index in [4.69, 9.17) is 27.9 Å². The molecule has 176 valence electrons. The number of nitrogens with zero attached hydrogens (tertiary/aromatic N) is 3. The summed E-state index contributed by atoms with van der Waals surface area (Å²) in [5.74, 6) is -0.218. The molecule has 0 saturated carbocycles. The SMILES string of the molecule is CC.Cc1nc(N2CCC3(CCOC3)CC2)c(C(F)(F)F)c(=O)n1-c1cccc(Cl)c1Cl. The molecule has 32 heavy (non-hydrogen) atoms. The first-order valence-electron chi connectivity index (χ1n) is 10.6. The smallest absolute Gasteiger partial charge is 0.381 e. The van der Waals surface area contributed by atoms with E-state index in [0.29, 0.717) is 39.1 Å². The van der Waals surface area contributed by atoms with E-state index >= 15 is 0 Å². The van der Waals surface area contributed by atoms with E-state index in [0.717, 1.165) is 11.0 Å². The summed E-state index contributed by atoms with van der Waals surface area (Å²) in [5, 5.41) is 0.131. The fourth-order valence-corrected chi connectivity index (χ4v) is 4.66. The maximum Gasteiger partial charge on any atom is 0.425 e. The van der Waals surface area contributed by atoms with Gasteiger partial charge in [0, 0.05) is 19.7 Å². The Balaban J connectivity index is 0.00000141. The summed E-state index contributed by atoms with van der Waals surface area (Å²) in [4.78, 5) is 18.9. The van der Waals surface area contributed by atoms with Crippen LogP contribution in [0.25, 0.3) is 5.69 Å². The zero-order valence-corrected chi connectivity index (χ0v) is 19.7. The standard InChI is InChI=1S/C20H20Cl2F3N3O2.C2H6/c1-12-26-17(27-8-5-19(6-9-27)7-10-30-11-19)15(20(23,24)25)18(29)28(12)14-4-2-3-13(21)16(14)22;1-2/h2-4H,5-11H2,1H3;1-2H3. The van der Waals surface area contributed by atoms with E-state index in [1.54, 1.807) is 4.90 Å². The van der Waals surface area contributed by atoms with Crippen LogP contribution >= 0.6 is 23.2 Å². The number of rotatable bonds is 2. The minimum Gasteiger partial charge on any atom is -0.381 e. The van der Waals surface area contributed by atoms with Gasteiger partial charge in [0.15, 0.2) is 5.56 Å². The van der Waals surface area contributed by atoms with Crippen molar-refractivity contribution >= 4 is 29.0 Å². The molecule has 2 saturated heterocycles. The van der Waals surface area contributed by atoms with E-state index in [1.165, 1.54) is 25.1 Å². The highest BCUT2D eigenvalue weighted by Gasteiger charge is 2.44. The monoisotopic (exact) mass is 491 g/mol.